The number of hydrogen-bond acceptors (Lipinski definition) is 3. The summed E-state index contributed by atoms with van der Waals surface area (Å²) in [6.45, 7) is 1.81. The van der Waals surface area contributed by atoms with Gasteiger partial charge in [-0.2, -0.15) is 0 Å². The molecule has 5 nitrogen and oxygen atoms in total. The summed E-state index contributed by atoms with van der Waals surface area (Å²) in [5.41, 5.74) is 0.689. The van der Waals surface area contributed by atoms with Gasteiger partial charge in [-0.15, -0.1) is 11.3 Å². The molecule has 0 radical (unpaired) electrons. The number of rotatable bonds is 3. The Morgan fingerprint density at radius 3 is 2.88 bits per heavy atom. The molecule has 1 aliphatic heterocycles. The van der Waals surface area contributed by atoms with Gasteiger partial charge in [0, 0.05) is 10.6 Å². The second kappa shape index (κ2) is 4.58. The van der Waals surface area contributed by atoms with Crippen molar-refractivity contribution in [1.82, 2.24) is 10.6 Å². The molecule has 1 aromatic heterocycles. The van der Waals surface area contributed by atoms with Crippen molar-refractivity contribution < 1.29 is 14.7 Å². The molecule has 0 saturated heterocycles. The van der Waals surface area contributed by atoms with Crippen molar-refractivity contribution in [3.05, 3.63) is 33.7 Å². The van der Waals surface area contributed by atoms with Crippen molar-refractivity contribution in [2.75, 3.05) is 0 Å². The van der Waals surface area contributed by atoms with Crippen molar-refractivity contribution in [2.45, 2.75) is 19.4 Å². The second-order valence-corrected chi connectivity index (χ2v) is 4.58. The lowest BCUT2D eigenvalue weighted by molar-refractivity contribution is -0.133. The summed E-state index contributed by atoms with van der Waals surface area (Å²) in [5.74, 6) is -1.01. The molecule has 0 spiro atoms. The minimum absolute atomic E-state index is 0.217. The topological polar surface area (TPSA) is 78.4 Å². The average molecular weight is 252 g/mol. The number of amides is 2. The minimum Gasteiger partial charge on any atom is -0.478 e. The van der Waals surface area contributed by atoms with E-state index in [0.29, 0.717) is 12.1 Å². The largest absolute Gasteiger partial charge is 0.478 e. The maximum absolute atomic E-state index is 11.5. The molecule has 0 aromatic carbocycles. The zero-order valence-corrected chi connectivity index (χ0v) is 10.0. The number of hydrogen-bond donors (Lipinski definition) is 3. The van der Waals surface area contributed by atoms with E-state index in [1.54, 1.807) is 0 Å². The summed E-state index contributed by atoms with van der Waals surface area (Å²) in [6, 6.07) is 2.73. The van der Waals surface area contributed by atoms with Crippen LogP contribution in [0.3, 0.4) is 0 Å². The van der Waals surface area contributed by atoms with Crippen LogP contribution >= 0.6 is 11.3 Å². The Labute approximate surface area is 102 Å². The normalized spacial score (nSPS) is 19.8. The molecule has 0 fully saturated rings. The lowest BCUT2D eigenvalue weighted by Crippen LogP contribution is -2.45. The number of carbonyl (C=O) groups is 2. The predicted molar refractivity (Wildman–Crippen MR) is 63.7 cm³/mol. The molecule has 1 aromatic rings. The number of allylic oxidation sites excluding steroid dienone is 1. The highest BCUT2D eigenvalue weighted by atomic mass is 32.1. The van der Waals surface area contributed by atoms with E-state index >= 15 is 0 Å². The number of nitrogens with one attached hydrogen (secondary N) is 2. The molecular formula is C11H12N2O3S. The zero-order chi connectivity index (χ0) is 12.4. The molecule has 0 bridgehead atoms. The Morgan fingerprint density at radius 1 is 1.59 bits per heavy atom. The SMILES string of the molecule is CCC1=C(C(=O)O)C(c2cccs2)NC(=O)N1. The van der Waals surface area contributed by atoms with Crippen LogP contribution in [0.25, 0.3) is 0 Å². The Bertz CT molecular complexity index is 479. The van der Waals surface area contributed by atoms with Gasteiger partial charge in [0.15, 0.2) is 0 Å². The molecule has 2 amide bonds. The monoisotopic (exact) mass is 252 g/mol. The Morgan fingerprint density at radius 2 is 2.35 bits per heavy atom. The molecular weight excluding hydrogens is 240 g/mol. The lowest BCUT2D eigenvalue weighted by atomic mass is 10.00. The molecule has 1 atom stereocenters. The molecule has 2 heterocycles. The van der Waals surface area contributed by atoms with Gasteiger partial charge in [0.1, 0.15) is 0 Å². The number of carboxylic acids is 1. The minimum atomic E-state index is -1.01. The van der Waals surface area contributed by atoms with Gasteiger partial charge in [0.25, 0.3) is 0 Å². The summed E-state index contributed by atoms with van der Waals surface area (Å²) in [6.07, 6.45) is 0.483. The highest BCUT2D eigenvalue weighted by Gasteiger charge is 2.32. The number of urea groups is 1. The van der Waals surface area contributed by atoms with Crippen molar-refractivity contribution in [3.8, 4) is 0 Å². The van der Waals surface area contributed by atoms with Gasteiger partial charge in [-0.3, -0.25) is 0 Å². The number of carboxylic acid groups (broad SMARTS) is 1. The number of thiophene rings is 1. The van der Waals surface area contributed by atoms with E-state index in [2.05, 4.69) is 10.6 Å². The molecule has 1 aliphatic rings. The van der Waals surface area contributed by atoms with Crippen LogP contribution in [0.4, 0.5) is 4.79 Å². The predicted octanol–water partition coefficient (Wildman–Crippen LogP) is 1.85. The molecule has 6 heteroatoms. The Hall–Kier alpha value is -1.82. The molecule has 3 N–H and O–H groups in total. The number of aliphatic carboxylic acids is 1. The molecule has 2 rings (SSSR count). The fraction of sp³-hybridized carbons (Fsp3) is 0.273. The fourth-order valence-electron chi connectivity index (χ4n) is 1.82. The number of carbonyl (C=O) groups excluding carboxylic acids is 1. The van der Waals surface area contributed by atoms with Crippen molar-refractivity contribution in [1.29, 1.82) is 0 Å². The van der Waals surface area contributed by atoms with E-state index in [1.165, 1.54) is 11.3 Å². The third-order valence-corrected chi connectivity index (χ3v) is 3.50. The van der Waals surface area contributed by atoms with Crippen LogP contribution in [-0.2, 0) is 4.79 Å². The lowest BCUT2D eigenvalue weighted by Gasteiger charge is -2.26. The smallest absolute Gasteiger partial charge is 0.335 e. The van der Waals surface area contributed by atoms with Gasteiger partial charge in [-0.05, 0) is 17.9 Å². The van der Waals surface area contributed by atoms with Gasteiger partial charge < -0.3 is 15.7 Å². The summed E-state index contributed by atoms with van der Waals surface area (Å²) >= 11 is 1.43. The van der Waals surface area contributed by atoms with Crippen molar-refractivity contribution >= 4 is 23.3 Å². The van der Waals surface area contributed by atoms with E-state index in [4.69, 9.17) is 0 Å². The first kappa shape index (κ1) is 11.7. The molecule has 90 valence electrons. The maximum Gasteiger partial charge on any atom is 0.335 e. The molecule has 17 heavy (non-hydrogen) atoms. The van der Waals surface area contributed by atoms with E-state index in [-0.39, 0.29) is 11.6 Å². The average Bonchev–Trinajstić information content (AvgIpc) is 2.80. The van der Waals surface area contributed by atoms with Crippen molar-refractivity contribution in [2.24, 2.45) is 0 Å². The first-order valence-electron chi connectivity index (χ1n) is 5.20. The molecule has 0 aliphatic carbocycles. The van der Waals surface area contributed by atoms with Gasteiger partial charge >= 0.3 is 12.0 Å². The highest BCUT2D eigenvalue weighted by molar-refractivity contribution is 7.10. The van der Waals surface area contributed by atoms with E-state index in [0.717, 1.165) is 4.88 Å². The Balaban J connectivity index is 2.48. The van der Waals surface area contributed by atoms with Gasteiger partial charge in [-0.25, -0.2) is 9.59 Å². The molecule has 0 saturated carbocycles. The second-order valence-electron chi connectivity index (χ2n) is 3.60. The van der Waals surface area contributed by atoms with E-state index in [1.807, 2.05) is 24.4 Å². The van der Waals surface area contributed by atoms with Crippen LogP contribution in [0.5, 0.6) is 0 Å². The van der Waals surface area contributed by atoms with Crippen LogP contribution in [0.2, 0.25) is 0 Å². The van der Waals surface area contributed by atoms with E-state index in [9.17, 15) is 14.7 Å². The van der Waals surface area contributed by atoms with Crippen LogP contribution in [0, 0.1) is 0 Å². The fourth-order valence-corrected chi connectivity index (χ4v) is 2.60. The van der Waals surface area contributed by atoms with Crippen molar-refractivity contribution in [3.63, 3.8) is 0 Å². The van der Waals surface area contributed by atoms with Crippen LogP contribution in [0.15, 0.2) is 28.8 Å². The maximum atomic E-state index is 11.5. The van der Waals surface area contributed by atoms with Crippen LogP contribution in [0.1, 0.15) is 24.3 Å². The quantitative estimate of drug-likeness (QED) is 0.768. The van der Waals surface area contributed by atoms with Gasteiger partial charge in [-0.1, -0.05) is 13.0 Å². The summed E-state index contributed by atoms with van der Waals surface area (Å²) in [5, 5.41) is 16.3. The Kier molecular flexibility index (Phi) is 3.14. The highest BCUT2D eigenvalue weighted by Crippen LogP contribution is 2.30. The first-order valence-corrected chi connectivity index (χ1v) is 6.08. The van der Waals surface area contributed by atoms with Crippen LogP contribution in [-0.4, -0.2) is 17.1 Å². The van der Waals surface area contributed by atoms with E-state index < -0.39 is 12.0 Å². The third-order valence-electron chi connectivity index (χ3n) is 2.57. The van der Waals surface area contributed by atoms with Crippen LogP contribution < -0.4 is 10.6 Å². The summed E-state index contributed by atoms with van der Waals surface area (Å²) in [4.78, 5) is 23.6. The van der Waals surface area contributed by atoms with Gasteiger partial charge in [0.05, 0.1) is 11.6 Å². The standard InChI is InChI=1S/C11H12N2O3S/c1-2-6-8(10(14)15)9(13-11(16)12-6)7-4-3-5-17-7/h3-5,9H,2H2,1H3,(H,14,15)(H2,12,13,16). The zero-order valence-electron chi connectivity index (χ0n) is 9.19. The summed E-state index contributed by atoms with van der Waals surface area (Å²) < 4.78 is 0. The molecule has 1 unspecified atom stereocenters. The third kappa shape index (κ3) is 2.16. The van der Waals surface area contributed by atoms with Gasteiger partial charge in [0.2, 0.25) is 0 Å². The first-order chi connectivity index (χ1) is 8.13. The summed E-state index contributed by atoms with van der Waals surface area (Å²) in [7, 11) is 0.